The van der Waals surface area contributed by atoms with E-state index in [1.54, 1.807) is 0 Å². The van der Waals surface area contributed by atoms with Gasteiger partial charge in [0.25, 0.3) is 0 Å². The Hall–Kier alpha value is -1.83. The average Bonchev–Trinajstić information content (AvgIpc) is 2.83. The van der Waals surface area contributed by atoms with Crippen molar-refractivity contribution in [1.29, 1.82) is 0 Å². The van der Waals surface area contributed by atoms with Crippen LogP contribution in [0.25, 0.3) is 11.3 Å². The molecule has 0 spiro atoms. The van der Waals surface area contributed by atoms with Gasteiger partial charge >= 0.3 is 0 Å². The van der Waals surface area contributed by atoms with Crippen molar-refractivity contribution in [3.05, 3.63) is 48.2 Å². The molecule has 0 aliphatic heterocycles. The predicted molar refractivity (Wildman–Crippen MR) is 133 cm³/mol. The van der Waals surface area contributed by atoms with Crippen LogP contribution in [0.3, 0.4) is 0 Å². The first-order chi connectivity index (χ1) is 15.3. The molecule has 1 aliphatic rings. The van der Waals surface area contributed by atoms with E-state index in [9.17, 15) is 0 Å². The highest BCUT2D eigenvalue weighted by Gasteiger charge is 2.20. The Kier molecular flexibility index (Phi) is 10.4. The molecule has 2 aromatic rings. The number of nitrogens with zero attached hydrogens (tertiary/aromatic N) is 1. The molecule has 31 heavy (non-hydrogen) atoms. The molecule has 0 bridgehead atoms. The summed E-state index contributed by atoms with van der Waals surface area (Å²) in [5.74, 6) is 2.92. The third kappa shape index (κ3) is 8.31. The summed E-state index contributed by atoms with van der Waals surface area (Å²) in [6.45, 7) is 5.29. The van der Waals surface area contributed by atoms with Crippen LogP contribution in [-0.4, -0.2) is 11.6 Å². The zero-order valence-electron chi connectivity index (χ0n) is 20.0. The number of hydrogen-bond donors (Lipinski definition) is 0. The maximum absolute atomic E-state index is 6.01. The summed E-state index contributed by atoms with van der Waals surface area (Å²) in [4.78, 5) is 4.57. The van der Waals surface area contributed by atoms with E-state index in [0.717, 1.165) is 41.9 Å². The van der Waals surface area contributed by atoms with Gasteiger partial charge in [-0.1, -0.05) is 84.1 Å². The maximum Gasteiger partial charge on any atom is 0.119 e. The summed E-state index contributed by atoms with van der Waals surface area (Å²) in [5, 5.41) is 0. The minimum Gasteiger partial charge on any atom is -0.494 e. The number of ether oxygens (including phenoxy) is 1. The van der Waals surface area contributed by atoms with Crippen LogP contribution >= 0.6 is 0 Å². The molecule has 2 nitrogen and oxygen atoms in total. The molecule has 0 amide bonds. The van der Waals surface area contributed by atoms with E-state index in [1.165, 1.54) is 82.6 Å². The van der Waals surface area contributed by atoms with Crippen molar-refractivity contribution < 1.29 is 4.74 Å². The van der Waals surface area contributed by atoms with Crippen LogP contribution in [0.15, 0.2) is 42.6 Å². The first kappa shape index (κ1) is 23.8. The third-order valence-corrected chi connectivity index (χ3v) is 7.09. The van der Waals surface area contributed by atoms with E-state index in [0.29, 0.717) is 0 Å². The average molecular weight is 422 g/mol. The lowest BCUT2D eigenvalue weighted by Gasteiger charge is -2.28. The first-order valence-corrected chi connectivity index (χ1v) is 13.0. The lowest BCUT2D eigenvalue weighted by Crippen LogP contribution is -2.15. The third-order valence-electron chi connectivity index (χ3n) is 7.09. The van der Waals surface area contributed by atoms with Gasteiger partial charge in [0.15, 0.2) is 0 Å². The molecule has 0 unspecified atom stereocenters. The molecule has 0 saturated heterocycles. The van der Waals surface area contributed by atoms with Gasteiger partial charge in [0.1, 0.15) is 5.75 Å². The van der Waals surface area contributed by atoms with Crippen molar-refractivity contribution in [1.82, 2.24) is 4.98 Å². The summed E-state index contributed by atoms with van der Waals surface area (Å²) >= 11 is 0. The maximum atomic E-state index is 6.01. The molecule has 170 valence electrons. The fourth-order valence-corrected chi connectivity index (χ4v) is 4.93. The zero-order valence-corrected chi connectivity index (χ0v) is 20.0. The minimum absolute atomic E-state index is 0.833. The smallest absolute Gasteiger partial charge is 0.119 e. The fraction of sp³-hybridized carbons (Fsp3) is 0.621. The molecule has 1 aliphatic carbocycles. The Labute approximate surface area is 190 Å². The molecule has 0 radical (unpaired) electrons. The standard InChI is InChI=1S/C29H43NO/c1-3-5-6-7-8-10-25-12-14-26(15-13-25)11-9-22-31-28-19-17-27(18-20-28)29-21-16-24(4-2)23-30-29/h16-21,23,25-26H,3-15,22H2,1-2H3/t25-,26-. The Morgan fingerprint density at radius 1 is 0.774 bits per heavy atom. The Bertz CT molecular complexity index is 713. The van der Waals surface area contributed by atoms with Crippen molar-refractivity contribution >= 4 is 0 Å². The van der Waals surface area contributed by atoms with Crippen LogP contribution in [0.1, 0.15) is 96.5 Å². The van der Waals surface area contributed by atoms with Gasteiger partial charge in [0.05, 0.1) is 12.3 Å². The molecular formula is C29H43NO. The van der Waals surface area contributed by atoms with Crippen LogP contribution in [0.2, 0.25) is 0 Å². The van der Waals surface area contributed by atoms with Gasteiger partial charge in [-0.05, 0) is 67.0 Å². The molecule has 0 N–H and O–H groups in total. The second kappa shape index (κ2) is 13.6. The molecule has 1 aromatic heterocycles. The monoisotopic (exact) mass is 421 g/mol. The molecule has 1 aromatic carbocycles. The van der Waals surface area contributed by atoms with E-state index in [-0.39, 0.29) is 0 Å². The van der Waals surface area contributed by atoms with E-state index < -0.39 is 0 Å². The van der Waals surface area contributed by atoms with Crippen LogP contribution < -0.4 is 4.74 Å². The lowest BCUT2D eigenvalue weighted by atomic mass is 9.78. The molecule has 0 atom stereocenters. The normalized spacial score (nSPS) is 18.8. The van der Waals surface area contributed by atoms with Gasteiger partial charge in [-0.25, -0.2) is 0 Å². The molecular weight excluding hydrogens is 378 g/mol. The molecule has 1 fully saturated rings. The quantitative estimate of drug-likeness (QED) is 0.302. The molecule has 2 heteroatoms. The van der Waals surface area contributed by atoms with Crippen molar-refractivity contribution in [3.8, 4) is 17.0 Å². The van der Waals surface area contributed by atoms with Gasteiger partial charge in [-0.2, -0.15) is 0 Å². The molecule has 3 rings (SSSR count). The van der Waals surface area contributed by atoms with Gasteiger partial charge < -0.3 is 4.74 Å². The van der Waals surface area contributed by atoms with Crippen LogP contribution in [-0.2, 0) is 6.42 Å². The summed E-state index contributed by atoms with van der Waals surface area (Å²) in [6.07, 6.45) is 19.9. The summed E-state index contributed by atoms with van der Waals surface area (Å²) < 4.78 is 6.01. The molecule has 1 heterocycles. The summed E-state index contributed by atoms with van der Waals surface area (Å²) in [5.41, 5.74) is 3.46. The predicted octanol–water partition coefficient (Wildman–Crippen LogP) is 8.64. The fourth-order valence-electron chi connectivity index (χ4n) is 4.93. The SMILES string of the molecule is CCCCCCC[C@H]1CC[C@H](CCCOc2ccc(-c3ccc(CC)cn3)cc2)CC1. The summed E-state index contributed by atoms with van der Waals surface area (Å²) in [7, 11) is 0. The largest absolute Gasteiger partial charge is 0.494 e. The van der Waals surface area contributed by atoms with Gasteiger partial charge in [-0.15, -0.1) is 0 Å². The van der Waals surface area contributed by atoms with Gasteiger partial charge in [0, 0.05) is 11.8 Å². The van der Waals surface area contributed by atoms with Crippen LogP contribution in [0.4, 0.5) is 0 Å². The number of aromatic nitrogens is 1. The van der Waals surface area contributed by atoms with E-state index in [2.05, 4.69) is 55.2 Å². The highest BCUT2D eigenvalue weighted by Crippen LogP contribution is 2.34. The lowest BCUT2D eigenvalue weighted by molar-refractivity contribution is 0.228. The minimum atomic E-state index is 0.833. The highest BCUT2D eigenvalue weighted by atomic mass is 16.5. The highest BCUT2D eigenvalue weighted by molar-refractivity contribution is 5.60. The van der Waals surface area contributed by atoms with E-state index in [1.807, 2.05) is 6.20 Å². The first-order valence-electron chi connectivity index (χ1n) is 13.0. The van der Waals surface area contributed by atoms with E-state index in [4.69, 9.17) is 4.74 Å². The van der Waals surface area contributed by atoms with Crippen molar-refractivity contribution in [3.63, 3.8) is 0 Å². The van der Waals surface area contributed by atoms with Gasteiger partial charge in [0.2, 0.25) is 0 Å². The Morgan fingerprint density at radius 2 is 1.45 bits per heavy atom. The number of hydrogen-bond acceptors (Lipinski definition) is 2. The summed E-state index contributed by atoms with van der Waals surface area (Å²) in [6, 6.07) is 12.7. The number of rotatable bonds is 13. The van der Waals surface area contributed by atoms with Crippen molar-refractivity contribution in [2.45, 2.75) is 97.3 Å². The number of aryl methyl sites for hydroxylation is 1. The van der Waals surface area contributed by atoms with Crippen LogP contribution in [0, 0.1) is 11.8 Å². The topological polar surface area (TPSA) is 22.1 Å². The number of pyridine rings is 1. The second-order valence-electron chi connectivity index (χ2n) is 9.51. The van der Waals surface area contributed by atoms with Crippen molar-refractivity contribution in [2.24, 2.45) is 11.8 Å². The number of benzene rings is 1. The van der Waals surface area contributed by atoms with Crippen molar-refractivity contribution in [2.75, 3.05) is 6.61 Å². The number of unbranched alkanes of at least 4 members (excludes halogenated alkanes) is 4. The Morgan fingerprint density at radius 3 is 2.06 bits per heavy atom. The second-order valence-corrected chi connectivity index (χ2v) is 9.51. The van der Waals surface area contributed by atoms with Crippen LogP contribution in [0.5, 0.6) is 5.75 Å². The van der Waals surface area contributed by atoms with E-state index >= 15 is 0 Å². The van der Waals surface area contributed by atoms with Gasteiger partial charge in [-0.3, -0.25) is 4.98 Å². The zero-order chi connectivity index (χ0) is 21.7. The molecule has 1 saturated carbocycles. The Balaban J connectivity index is 1.28.